The summed E-state index contributed by atoms with van der Waals surface area (Å²) in [5.41, 5.74) is 9.30. The number of urea groups is 1. The predicted molar refractivity (Wildman–Crippen MR) is 143 cm³/mol. The molecule has 2 amide bonds. The number of methoxy groups -OCH3 is 1. The number of benzene rings is 1. The van der Waals surface area contributed by atoms with Crippen molar-refractivity contribution in [1.82, 2.24) is 25.3 Å². The summed E-state index contributed by atoms with van der Waals surface area (Å²) in [4.78, 5) is 28.0. The SMILES string of the molecule is COC/C(N)=C/N(N)Cc1cnc2c(N3CCOCC3)nc(-c3ccc(NC(=O)NCC(F)(F)F)cc3)nc2c1. The van der Waals surface area contributed by atoms with Crippen molar-refractivity contribution in [2.45, 2.75) is 12.7 Å². The Morgan fingerprint density at radius 3 is 2.62 bits per heavy atom. The van der Waals surface area contributed by atoms with Gasteiger partial charge in [0.2, 0.25) is 0 Å². The van der Waals surface area contributed by atoms with Gasteiger partial charge >= 0.3 is 12.2 Å². The maximum Gasteiger partial charge on any atom is 0.405 e. The number of halogens is 3. The lowest BCUT2D eigenvalue weighted by Gasteiger charge is -2.28. The van der Waals surface area contributed by atoms with Gasteiger partial charge in [-0.15, -0.1) is 0 Å². The first kappa shape index (κ1) is 28.8. The van der Waals surface area contributed by atoms with E-state index in [2.05, 4.69) is 15.2 Å². The number of fused-ring (bicyclic) bond motifs is 1. The number of carbonyl (C=O) groups excluding carboxylic acids is 1. The molecule has 3 aromatic rings. The van der Waals surface area contributed by atoms with Gasteiger partial charge < -0.3 is 35.7 Å². The number of carbonyl (C=O) groups is 1. The van der Waals surface area contributed by atoms with E-state index in [1.54, 1.807) is 42.0 Å². The number of alkyl halides is 3. The number of nitrogens with zero attached hydrogens (tertiary/aromatic N) is 5. The molecule has 15 heteroatoms. The van der Waals surface area contributed by atoms with Crippen LogP contribution in [0.2, 0.25) is 0 Å². The van der Waals surface area contributed by atoms with Crippen LogP contribution >= 0.6 is 0 Å². The number of pyridine rings is 1. The van der Waals surface area contributed by atoms with Crippen LogP contribution in [0, 0.1) is 0 Å². The molecule has 1 fully saturated rings. The van der Waals surface area contributed by atoms with Gasteiger partial charge in [-0.1, -0.05) is 0 Å². The molecule has 0 atom stereocenters. The third-order valence-electron chi connectivity index (χ3n) is 5.74. The summed E-state index contributed by atoms with van der Waals surface area (Å²) >= 11 is 0. The average Bonchev–Trinajstić information content (AvgIpc) is 2.92. The highest BCUT2D eigenvalue weighted by atomic mass is 19.4. The van der Waals surface area contributed by atoms with Crippen molar-refractivity contribution in [3.63, 3.8) is 0 Å². The number of hydrazine groups is 1. The Morgan fingerprint density at radius 2 is 1.95 bits per heavy atom. The maximum absolute atomic E-state index is 12.3. The second-order valence-electron chi connectivity index (χ2n) is 8.99. The Labute approximate surface area is 228 Å². The van der Waals surface area contributed by atoms with Gasteiger partial charge in [0.05, 0.1) is 37.6 Å². The summed E-state index contributed by atoms with van der Waals surface area (Å²) in [6, 6.07) is 7.37. The number of hydrogen-bond acceptors (Lipinski definition) is 10. The minimum Gasteiger partial charge on any atom is -0.399 e. The van der Waals surface area contributed by atoms with Gasteiger partial charge in [-0.2, -0.15) is 13.2 Å². The van der Waals surface area contributed by atoms with Crippen molar-refractivity contribution >= 4 is 28.6 Å². The molecule has 0 saturated carbocycles. The van der Waals surface area contributed by atoms with Crippen molar-refractivity contribution in [3.8, 4) is 11.4 Å². The molecule has 0 unspecified atom stereocenters. The zero-order valence-electron chi connectivity index (χ0n) is 21.7. The summed E-state index contributed by atoms with van der Waals surface area (Å²) in [5.74, 6) is 7.15. The maximum atomic E-state index is 12.3. The normalized spacial score (nSPS) is 14.3. The van der Waals surface area contributed by atoms with Gasteiger partial charge in [0.1, 0.15) is 12.1 Å². The van der Waals surface area contributed by atoms with E-state index in [1.165, 1.54) is 12.1 Å². The molecule has 1 aliphatic heterocycles. The highest BCUT2D eigenvalue weighted by Gasteiger charge is 2.27. The van der Waals surface area contributed by atoms with E-state index >= 15 is 0 Å². The number of aromatic nitrogens is 3. The number of rotatable bonds is 9. The van der Waals surface area contributed by atoms with E-state index in [9.17, 15) is 18.0 Å². The van der Waals surface area contributed by atoms with Crippen molar-refractivity contribution in [2.24, 2.45) is 11.6 Å². The standard InChI is InChI=1S/C25H30F3N9O3/c1-39-14-18(29)13-37(30)12-16-10-20-21(31-11-16)23(36-6-8-40-9-7-36)35-22(34-20)17-2-4-19(5-3-17)33-24(38)32-15-25(26,27)28/h2-5,10-11,13H,6-9,12,14-15,29-30H2,1H3,(H2,32,33,38)/b18-13-. The number of anilines is 2. The predicted octanol–water partition coefficient (Wildman–Crippen LogP) is 2.33. The second kappa shape index (κ2) is 12.8. The topological polar surface area (TPSA) is 157 Å². The van der Waals surface area contributed by atoms with Gasteiger partial charge in [0.25, 0.3) is 0 Å². The fourth-order valence-corrected chi connectivity index (χ4v) is 3.99. The molecule has 0 radical (unpaired) electrons. The van der Waals surface area contributed by atoms with Crippen LogP contribution < -0.4 is 27.1 Å². The quantitative estimate of drug-likeness (QED) is 0.226. The van der Waals surface area contributed by atoms with Crippen LogP contribution in [0.3, 0.4) is 0 Å². The van der Waals surface area contributed by atoms with E-state index in [-0.39, 0.29) is 6.61 Å². The molecule has 6 N–H and O–H groups in total. The second-order valence-corrected chi connectivity index (χ2v) is 8.99. The van der Waals surface area contributed by atoms with Crippen LogP contribution in [0.25, 0.3) is 22.4 Å². The molecule has 0 bridgehead atoms. The molecule has 40 heavy (non-hydrogen) atoms. The lowest BCUT2D eigenvalue weighted by atomic mass is 10.1. The van der Waals surface area contributed by atoms with Gasteiger partial charge in [0, 0.05) is 43.8 Å². The van der Waals surface area contributed by atoms with Crippen LogP contribution in [0.5, 0.6) is 0 Å². The Balaban J connectivity index is 1.61. The van der Waals surface area contributed by atoms with Gasteiger partial charge in [-0.05, 0) is 35.9 Å². The molecule has 0 aliphatic carbocycles. The number of nitrogens with one attached hydrogen (secondary N) is 2. The molecule has 4 rings (SSSR count). The van der Waals surface area contributed by atoms with Crippen molar-refractivity contribution in [2.75, 3.05) is 56.8 Å². The molecule has 2 aromatic heterocycles. The minimum atomic E-state index is -4.50. The zero-order valence-corrected chi connectivity index (χ0v) is 21.7. The van der Waals surface area contributed by atoms with E-state index in [1.807, 2.05) is 6.07 Å². The largest absolute Gasteiger partial charge is 0.405 e. The van der Waals surface area contributed by atoms with E-state index in [0.29, 0.717) is 72.5 Å². The number of amides is 2. The van der Waals surface area contributed by atoms with Crippen molar-refractivity contribution < 1.29 is 27.4 Å². The lowest BCUT2D eigenvalue weighted by Crippen LogP contribution is -2.37. The number of hydrogen-bond donors (Lipinski definition) is 4. The van der Waals surface area contributed by atoms with Crippen molar-refractivity contribution in [1.29, 1.82) is 0 Å². The third-order valence-corrected chi connectivity index (χ3v) is 5.74. The molecule has 1 aromatic carbocycles. The Hall–Kier alpha value is -4.21. The minimum absolute atomic E-state index is 0.246. The molecule has 12 nitrogen and oxygen atoms in total. The summed E-state index contributed by atoms with van der Waals surface area (Å²) in [7, 11) is 1.54. The monoisotopic (exact) mass is 561 g/mol. The van der Waals surface area contributed by atoms with Crippen LogP contribution in [0.4, 0.5) is 29.5 Å². The summed E-state index contributed by atoms with van der Waals surface area (Å²) < 4.78 is 47.5. The Kier molecular flexibility index (Phi) is 9.19. The average molecular weight is 562 g/mol. The lowest BCUT2D eigenvalue weighted by molar-refractivity contribution is -0.122. The zero-order chi connectivity index (χ0) is 28.7. The summed E-state index contributed by atoms with van der Waals surface area (Å²) in [6.07, 6.45) is -1.21. The molecular formula is C25H30F3N9O3. The summed E-state index contributed by atoms with van der Waals surface area (Å²) in [6.45, 7) is 1.49. The smallest absolute Gasteiger partial charge is 0.399 e. The molecule has 0 spiro atoms. The number of nitrogens with two attached hydrogens (primary N) is 2. The molecule has 1 saturated heterocycles. The van der Waals surface area contributed by atoms with E-state index in [0.717, 1.165) is 5.56 Å². The first-order valence-corrected chi connectivity index (χ1v) is 12.3. The highest BCUT2D eigenvalue weighted by Crippen LogP contribution is 2.28. The van der Waals surface area contributed by atoms with Crippen LogP contribution in [-0.4, -0.2) is 78.7 Å². The molecular weight excluding hydrogens is 531 g/mol. The van der Waals surface area contributed by atoms with Crippen LogP contribution in [-0.2, 0) is 16.0 Å². The fourth-order valence-electron chi connectivity index (χ4n) is 3.99. The van der Waals surface area contributed by atoms with Gasteiger partial charge in [0.15, 0.2) is 11.6 Å². The van der Waals surface area contributed by atoms with E-state index in [4.69, 9.17) is 31.0 Å². The first-order chi connectivity index (χ1) is 19.1. The van der Waals surface area contributed by atoms with Gasteiger partial charge in [-0.3, -0.25) is 4.98 Å². The molecule has 214 valence electrons. The van der Waals surface area contributed by atoms with Crippen LogP contribution in [0.15, 0.2) is 48.4 Å². The Bertz CT molecular complexity index is 1350. The van der Waals surface area contributed by atoms with Gasteiger partial charge in [-0.25, -0.2) is 20.6 Å². The third kappa shape index (κ3) is 7.91. The van der Waals surface area contributed by atoms with Crippen LogP contribution in [0.1, 0.15) is 5.56 Å². The first-order valence-electron chi connectivity index (χ1n) is 12.3. The highest BCUT2D eigenvalue weighted by molar-refractivity contribution is 5.90. The Morgan fingerprint density at radius 1 is 1.23 bits per heavy atom. The summed E-state index contributed by atoms with van der Waals surface area (Å²) in [5, 5.41) is 5.57. The fraction of sp³-hybridized carbons (Fsp3) is 0.360. The number of ether oxygens (including phenoxy) is 2. The van der Waals surface area contributed by atoms with E-state index < -0.39 is 18.8 Å². The van der Waals surface area contributed by atoms with Crippen molar-refractivity contribution in [3.05, 3.63) is 54.0 Å². The molecule has 3 heterocycles. The number of morpholine rings is 1. The molecule has 1 aliphatic rings.